The Labute approximate surface area is 159 Å². The zero-order valence-corrected chi connectivity index (χ0v) is 15.4. The standard InChI is InChI=1S/C21H18F2N4O/c1-24-19-8-16(12-26(2)21(19)28)14-4-5-15-10-25-27(20(15)9-14)11-13-3-6-17(22)18(23)7-13/h3-10,12,24H,11H2,1-2H3. The first-order valence-corrected chi connectivity index (χ1v) is 8.74. The Balaban J connectivity index is 1.77. The van der Waals surface area contributed by atoms with Crippen molar-refractivity contribution in [2.75, 3.05) is 12.4 Å². The predicted molar refractivity (Wildman–Crippen MR) is 105 cm³/mol. The lowest BCUT2D eigenvalue weighted by molar-refractivity contribution is 0.506. The van der Waals surface area contributed by atoms with Crippen LogP contribution in [-0.2, 0) is 13.6 Å². The molecule has 28 heavy (non-hydrogen) atoms. The summed E-state index contributed by atoms with van der Waals surface area (Å²) in [6.07, 6.45) is 3.51. The van der Waals surface area contributed by atoms with Crippen molar-refractivity contribution in [3.05, 3.63) is 82.4 Å². The molecule has 2 aromatic heterocycles. The molecule has 5 nitrogen and oxygen atoms in total. The summed E-state index contributed by atoms with van der Waals surface area (Å²) in [6, 6.07) is 11.5. The third kappa shape index (κ3) is 3.15. The van der Waals surface area contributed by atoms with Gasteiger partial charge in [-0.1, -0.05) is 18.2 Å². The Bertz CT molecular complexity index is 1240. The summed E-state index contributed by atoms with van der Waals surface area (Å²) in [5, 5.41) is 8.23. The second-order valence-corrected chi connectivity index (χ2v) is 6.63. The molecule has 0 spiro atoms. The molecular weight excluding hydrogens is 362 g/mol. The van der Waals surface area contributed by atoms with E-state index in [4.69, 9.17) is 0 Å². The van der Waals surface area contributed by atoms with Crippen LogP contribution in [-0.4, -0.2) is 21.4 Å². The molecule has 0 saturated carbocycles. The number of nitrogens with one attached hydrogen (secondary N) is 1. The first-order chi connectivity index (χ1) is 13.5. The van der Waals surface area contributed by atoms with Crippen molar-refractivity contribution in [3.8, 4) is 11.1 Å². The Morgan fingerprint density at radius 3 is 2.61 bits per heavy atom. The summed E-state index contributed by atoms with van der Waals surface area (Å²) in [6.45, 7) is 0.319. The van der Waals surface area contributed by atoms with Gasteiger partial charge in [0.15, 0.2) is 11.6 Å². The van der Waals surface area contributed by atoms with E-state index in [0.717, 1.165) is 28.1 Å². The summed E-state index contributed by atoms with van der Waals surface area (Å²) in [5.74, 6) is -1.74. The molecule has 0 amide bonds. The molecule has 0 aliphatic heterocycles. The number of benzene rings is 2. The third-order valence-electron chi connectivity index (χ3n) is 4.75. The fraction of sp³-hybridized carbons (Fsp3) is 0.143. The molecule has 4 rings (SSSR count). The van der Waals surface area contributed by atoms with E-state index in [9.17, 15) is 13.6 Å². The molecule has 0 aliphatic rings. The SMILES string of the molecule is CNc1cc(-c2ccc3cnn(Cc4ccc(F)c(F)c4)c3c2)cn(C)c1=O. The highest BCUT2D eigenvalue weighted by atomic mass is 19.2. The maximum atomic E-state index is 13.5. The summed E-state index contributed by atoms with van der Waals surface area (Å²) in [4.78, 5) is 12.1. The number of halogens is 2. The minimum atomic E-state index is -0.876. The Kier molecular flexibility index (Phi) is 4.43. The van der Waals surface area contributed by atoms with Crippen LogP contribution in [0.25, 0.3) is 22.0 Å². The lowest BCUT2D eigenvalue weighted by atomic mass is 10.1. The fourth-order valence-electron chi connectivity index (χ4n) is 3.24. The highest BCUT2D eigenvalue weighted by molar-refractivity contribution is 5.84. The second-order valence-electron chi connectivity index (χ2n) is 6.63. The topological polar surface area (TPSA) is 51.9 Å². The maximum Gasteiger partial charge on any atom is 0.273 e. The van der Waals surface area contributed by atoms with Crippen LogP contribution in [0.4, 0.5) is 14.5 Å². The van der Waals surface area contributed by atoms with Gasteiger partial charge in [0, 0.05) is 31.2 Å². The molecule has 0 bridgehead atoms. The van der Waals surface area contributed by atoms with Gasteiger partial charge >= 0.3 is 0 Å². The van der Waals surface area contributed by atoms with Crippen molar-refractivity contribution >= 4 is 16.6 Å². The Hall–Kier alpha value is -3.48. The van der Waals surface area contributed by atoms with E-state index in [1.807, 2.05) is 18.2 Å². The molecule has 0 saturated heterocycles. The number of hydrogen-bond donors (Lipinski definition) is 1. The van der Waals surface area contributed by atoms with Crippen molar-refractivity contribution in [1.82, 2.24) is 14.3 Å². The van der Waals surface area contributed by atoms with E-state index in [1.165, 1.54) is 10.6 Å². The molecule has 2 heterocycles. The van der Waals surface area contributed by atoms with Gasteiger partial charge in [-0.3, -0.25) is 9.48 Å². The van der Waals surface area contributed by atoms with Gasteiger partial charge < -0.3 is 9.88 Å². The number of nitrogens with zero attached hydrogens (tertiary/aromatic N) is 3. The molecule has 4 aromatic rings. The normalized spacial score (nSPS) is 11.1. The molecule has 1 N–H and O–H groups in total. The van der Waals surface area contributed by atoms with Crippen molar-refractivity contribution in [2.24, 2.45) is 7.05 Å². The van der Waals surface area contributed by atoms with E-state index in [2.05, 4.69) is 10.4 Å². The van der Waals surface area contributed by atoms with Crippen LogP contribution < -0.4 is 10.9 Å². The smallest absolute Gasteiger partial charge is 0.273 e. The fourth-order valence-corrected chi connectivity index (χ4v) is 3.24. The molecule has 2 aromatic carbocycles. The molecule has 0 atom stereocenters. The van der Waals surface area contributed by atoms with Gasteiger partial charge in [-0.05, 0) is 35.4 Å². The van der Waals surface area contributed by atoms with Crippen LogP contribution in [0, 0.1) is 11.6 Å². The molecule has 7 heteroatoms. The molecular formula is C21H18F2N4O. The van der Waals surface area contributed by atoms with Crippen molar-refractivity contribution < 1.29 is 8.78 Å². The van der Waals surface area contributed by atoms with Gasteiger partial charge in [0.05, 0.1) is 18.3 Å². The largest absolute Gasteiger partial charge is 0.384 e. The maximum absolute atomic E-state index is 13.5. The summed E-state index contributed by atoms with van der Waals surface area (Å²) in [5.41, 5.74) is 3.70. The summed E-state index contributed by atoms with van der Waals surface area (Å²) < 4.78 is 30.0. The Morgan fingerprint density at radius 1 is 1.04 bits per heavy atom. The lowest BCUT2D eigenvalue weighted by Gasteiger charge is -2.10. The van der Waals surface area contributed by atoms with E-state index in [0.29, 0.717) is 17.8 Å². The average Bonchev–Trinajstić information content (AvgIpc) is 3.09. The number of pyridine rings is 1. The van der Waals surface area contributed by atoms with Crippen LogP contribution in [0.3, 0.4) is 0 Å². The van der Waals surface area contributed by atoms with Crippen molar-refractivity contribution in [3.63, 3.8) is 0 Å². The number of fused-ring (bicyclic) bond motifs is 1. The van der Waals surface area contributed by atoms with E-state index in [-0.39, 0.29) is 5.56 Å². The lowest BCUT2D eigenvalue weighted by Crippen LogP contribution is -2.19. The van der Waals surface area contributed by atoms with Crippen LogP contribution in [0.1, 0.15) is 5.56 Å². The average molecular weight is 380 g/mol. The minimum absolute atomic E-state index is 0.101. The molecule has 0 unspecified atom stereocenters. The third-order valence-corrected chi connectivity index (χ3v) is 4.75. The van der Waals surface area contributed by atoms with Crippen LogP contribution in [0.15, 0.2) is 59.7 Å². The first kappa shape index (κ1) is 17.9. The molecule has 0 aliphatic carbocycles. The second kappa shape index (κ2) is 6.92. The number of hydrogen-bond acceptors (Lipinski definition) is 3. The van der Waals surface area contributed by atoms with E-state index < -0.39 is 11.6 Å². The van der Waals surface area contributed by atoms with Crippen molar-refractivity contribution in [1.29, 1.82) is 0 Å². The van der Waals surface area contributed by atoms with E-state index >= 15 is 0 Å². The number of aromatic nitrogens is 3. The quantitative estimate of drug-likeness (QED) is 0.586. The highest BCUT2D eigenvalue weighted by Gasteiger charge is 2.10. The Morgan fingerprint density at radius 2 is 1.86 bits per heavy atom. The molecule has 0 radical (unpaired) electrons. The van der Waals surface area contributed by atoms with Crippen LogP contribution >= 0.6 is 0 Å². The molecule has 142 valence electrons. The molecule has 0 fully saturated rings. The van der Waals surface area contributed by atoms with Crippen LogP contribution in [0.2, 0.25) is 0 Å². The zero-order chi connectivity index (χ0) is 19.8. The first-order valence-electron chi connectivity index (χ1n) is 8.74. The van der Waals surface area contributed by atoms with E-state index in [1.54, 1.807) is 43.3 Å². The van der Waals surface area contributed by atoms with Gasteiger partial charge in [0.25, 0.3) is 5.56 Å². The monoisotopic (exact) mass is 380 g/mol. The summed E-state index contributed by atoms with van der Waals surface area (Å²) in [7, 11) is 3.42. The van der Waals surface area contributed by atoms with Gasteiger partial charge in [-0.2, -0.15) is 5.10 Å². The number of anilines is 1. The zero-order valence-electron chi connectivity index (χ0n) is 15.4. The summed E-state index contributed by atoms with van der Waals surface area (Å²) >= 11 is 0. The number of rotatable bonds is 4. The van der Waals surface area contributed by atoms with Gasteiger partial charge in [-0.25, -0.2) is 8.78 Å². The number of aryl methyl sites for hydroxylation is 1. The van der Waals surface area contributed by atoms with Gasteiger partial charge in [0.2, 0.25) is 0 Å². The van der Waals surface area contributed by atoms with Crippen LogP contribution in [0.5, 0.6) is 0 Å². The predicted octanol–water partition coefficient (Wildman–Crippen LogP) is 3.77. The van der Waals surface area contributed by atoms with Crippen molar-refractivity contribution in [2.45, 2.75) is 6.54 Å². The van der Waals surface area contributed by atoms with Gasteiger partial charge in [0.1, 0.15) is 5.69 Å². The highest BCUT2D eigenvalue weighted by Crippen LogP contribution is 2.26. The minimum Gasteiger partial charge on any atom is -0.384 e. The van der Waals surface area contributed by atoms with Gasteiger partial charge in [-0.15, -0.1) is 0 Å².